The highest BCUT2D eigenvalue weighted by Gasteiger charge is 2.19. The minimum atomic E-state index is -0.290. The van der Waals surface area contributed by atoms with Crippen LogP contribution in [0.2, 0.25) is 0 Å². The number of hydrogen-bond acceptors (Lipinski definition) is 2. The van der Waals surface area contributed by atoms with Gasteiger partial charge in [-0.25, -0.2) is 4.39 Å². The van der Waals surface area contributed by atoms with Crippen LogP contribution in [-0.4, -0.2) is 17.4 Å². The van der Waals surface area contributed by atoms with E-state index in [1.807, 2.05) is 27.7 Å². The molecule has 0 saturated carbocycles. The largest absolute Gasteiger partial charge is 0.347 e. The quantitative estimate of drug-likeness (QED) is 0.730. The standard InChI is InChI=1S/C22H27FN2O2/c1-5-22(3,4)25-21(27)17-8-12-19(13-9-17)24-20(26)14-15(2)16-6-10-18(23)11-7-16/h6-13,15H,5,14H2,1-4H3,(H,24,26)(H,25,27). The molecular formula is C22H27FN2O2. The fourth-order valence-electron chi connectivity index (χ4n) is 2.57. The lowest BCUT2D eigenvalue weighted by Gasteiger charge is -2.24. The van der Waals surface area contributed by atoms with Crippen LogP contribution in [0.15, 0.2) is 48.5 Å². The van der Waals surface area contributed by atoms with Crippen LogP contribution in [0, 0.1) is 5.82 Å². The van der Waals surface area contributed by atoms with Crippen molar-refractivity contribution in [1.82, 2.24) is 5.32 Å². The first-order chi connectivity index (χ1) is 12.7. The zero-order chi connectivity index (χ0) is 20.0. The number of nitrogens with one attached hydrogen (secondary N) is 2. The van der Waals surface area contributed by atoms with E-state index in [4.69, 9.17) is 0 Å². The average Bonchev–Trinajstić information content (AvgIpc) is 2.62. The molecule has 2 rings (SSSR count). The number of benzene rings is 2. The van der Waals surface area contributed by atoms with Crippen LogP contribution in [0.5, 0.6) is 0 Å². The van der Waals surface area contributed by atoms with E-state index >= 15 is 0 Å². The van der Waals surface area contributed by atoms with E-state index in [2.05, 4.69) is 10.6 Å². The van der Waals surface area contributed by atoms with Crippen molar-refractivity contribution >= 4 is 17.5 Å². The Morgan fingerprint density at radius 3 is 2.19 bits per heavy atom. The van der Waals surface area contributed by atoms with E-state index < -0.39 is 0 Å². The third-order valence-electron chi connectivity index (χ3n) is 4.70. The van der Waals surface area contributed by atoms with Gasteiger partial charge in [-0.1, -0.05) is 26.0 Å². The van der Waals surface area contributed by atoms with Gasteiger partial charge in [0.05, 0.1) is 0 Å². The van der Waals surface area contributed by atoms with E-state index in [1.54, 1.807) is 36.4 Å². The van der Waals surface area contributed by atoms with Gasteiger partial charge < -0.3 is 10.6 Å². The molecular weight excluding hydrogens is 343 g/mol. The molecule has 0 heterocycles. The smallest absolute Gasteiger partial charge is 0.251 e. The van der Waals surface area contributed by atoms with E-state index in [9.17, 15) is 14.0 Å². The van der Waals surface area contributed by atoms with Crippen molar-refractivity contribution in [3.63, 3.8) is 0 Å². The predicted octanol–water partition coefficient (Wildman–Crippen LogP) is 4.88. The first-order valence-electron chi connectivity index (χ1n) is 9.18. The topological polar surface area (TPSA) is 58.2 Å². The van der Waals surface area contributed by atoms with Crippen LogP contribution in [-0.2, 0) is 4.79 Å². The molecule has 0 radical (unpaired) electrons. The summed E-state index contributed by atoms with van der Waals surface area (Å²) < 4.78 is 13.0. The number of hydrogen-bond donors (Lipinski definition) is 2. The van der Waals surface area contributed by atoms with Crippen LogP contribution < -0.4 is 10.6 Å². The molecule has 0 saturated heterocycles. The maximum absolute atomic E-state index is 13.0. The summed E-state index contributed by atoms with van der Waals surface area (Å²) in [5, 5.41) is 5.81. The van der Waals surface area contributed by atoms with Gasteiger partial charge in [0.2, 0.25) is 5.91 Å². The maximum Gasteiger partial charge on any atom is 0.251 e. The lowest BCUT2D eigenvalue weighted by Crippen LogP contribution is -2.42. The summed E-state index contributed by atoms with van der Waals surface area (Å²) in [6.45, 7) is 7.89. The Morgan fingerprint density at radius 2 is 1.63 bits per heavy atom. The van der Waals surface area contributed by atoms with E-state index in [-0.39, 0.29) is 29.1 Å². The molecule has 2 aromatic carbocycles. The molecule has 0 aliphatic rings. The molecule has 144 valence electrons. The van der Waals surface area contributed by atoms with Crippen LogP contribution >= 0.6 is 0 Å². The lowest BCUT2D eigenvalue weighted by atomic mass is 9.97. The average molecular weight is 370 g/mol. The molecule has 0 aliphatic carbocycles. The first kappa shape index (κ1) is 20.6. The van der Waals surface area contributed by atoms with Gasteiger partial charge in [-0.05, 0) is 68.1 Å². The third kappa shape index (κ3) is 6.20. The van der Waals surface area contributed by atoms with Crippen LogP contribution in [0.3, 0.4) is 0 Å². The molecule has 4 nitrogen and oxygen atoms in total. The maximum atomic E-state index is 13.0. The number of carbonyl (C=O) groups is 2. The predicted molar refractivity (Wildman–Crippen MR) is 106 cm³/mol. The van der Waals surface area contributed by atoms with Gasteiger partial charge in [-0.15, -0.1) is 0 Å². The summed E-state index contributed by atoms with van der Waals surface area (Å²) in [7, 11) is 0. The molecule has 1 atom stereocenters. The molecule has 0 bridgehead atoms. The van der Waals surface area contributed by atoms with Gasteiger partial charge >= 0.3 is 0 Å². The Hall–Kier alpha value is -2.69. The molecule has 5 heteroatoms. The Bertz CT molecular complexity index is 783. The summed E-state index contributed by atoms with van der Waals surface area (Å²) in [4.78, 5) is 24.5. The summed E-state index contributed by atoms with van der Waals surface area (Å²) in [6, 6.07) is 13.0. The van der Waals surface area contributed by atoms with Crippen molar-refractivity contribution in [3.05, 3.63) is 65.5 Å². The van der Waals surface area contributed by atoms with Gasteiger partial charge in [0, 0.05) is 23.2 Å². The normalized spacial score (nSPS) is 12.3. The molecule has 2 N–H and O–H groups in total. The number of rotatable bonds is 7. The summed E-state index contributed by atoms with van der Waals surface area (Å²) in [5.41, 5.74) is 1.84. The van der Waals surface area contributed by atoms with Crippen LogP contribution in [0.1, 0.15) is 62.4 Å². The number of amides is 2. The highest BCUT2D eigenvalue weighted by Crippen LogP contribution is 2.20. The summed E-state index contributed by atoms with van der Waals surface area (Å²) in [5.74, 6) is -0.574. The molecule has 0 fully saturated rings. The van der Waals surface area contributed by atoms with Crippen molar-refractivity contribution in [1.29, 1.82) is 0 Å². The van der Waals surface area contributed by atoms with Gasteiger partial charge in [-0.2, -0.15) is 0 Å². The molecule has 0 aromatic heterocycles. The van der Waals surface area contributed by atoms with Crippen molar-refractivity contribution in [2.24, 2.45) is 0 Å². The van der Waals surface area contributed by atoms with Crippen molar-refractivity contribution in [2.75, 3.05) is 5.32 Å². The molecule has 2 aromatic rings. The zero-order valence-corrected chi connectivity index (χ0v) is 16.3. The minimum Gasteiger partial charge on any atom is -0.347 e. The molecule has 27 heavy (non-hydrogen) atoms. The van der Waals surface area contributed by atoms with Crippen molar-refractivity contribution in [3.8, 4) is 0 Å². The van der Waals surface area contributed by atoms with Crippen LogP contribution in [0.4, 0.5) is 10.1 Å². The number of anilines is 1. The zero-order valence-electron chi connectivity index (χ0n) is 16.3. The van der Waals surface area contributed by atoms with Gasteiger partial charge in [0.1, 0.15) is 5.82 Å². The summed E-state index contributed by atoms with van der Waals surface area (Å²) in [6.07, 6.45) is 1.12. The highest BCUT2D eigenvalue weighted by atomic mass is 19.1. The molecule has 0 spiro atoms. The Labute approximate surface area is 160 Å². The van der Waals surface area contributed by atoms with Crippen LogP contribution in [0.25, 0.3) is 0 Å². The Morgan fingerprint density at radius 1 is 1.04 bits per heavy atom. The molecule has 1 unspecified atom stereocenters. The van der Waals surface area contributed by atoms with Gasteiger partial charge in [0.25, 0.3) is 5.91 Å². The molecule has 0 aliphatic heterocycles. The second kappa shape index (κ2) is 8.80. The second-order valence-electron chi connectivity index (χ2n) is 7.47. The SMILES string of the molecule is CCC(C)(C)NC(=O)c1ccc(NC(=O)CC(C)c2ccc(F)cc2)cc1. The number of halogens is 1. The fraction of sp³-hybridized carbons (Fsp3) is 0.364. The monoisotopic (exact) mass is 370 g/mol. The molecule has 2 amide bonds. The van der Waals surface area contributed by atoms with Gasteiger partial charge in [-0.3, -0.25) is 9.59 Å². The lowest BCUT2D eigenvalue weighted by molar-refractivity contribution is -0.116. The van der Waals surface area contributed by atoms with Gasteiger partial charge in [0.15, 0.2) is 0 Å². The summed E-state index contributed by atoms with van der Waals surface area (Å²) >= 11 is 0. The third-order valence-corrected chi connectivity index (χ3v) is 4.70. The minimum absolute atomic E-state index is 0.0214. The van der Waals surface area contributed by atoms with Crippen molar-refractivity contribution in [2.45, 2.75) is 52.0 Å². The Kier molecular flexibility index (Phi) is 6.72. The highest BCUT2D eigenvalue weighted by molar-refractivity contribution is 5.96. The Balaban J connectivity index is 1.92. The van der Waals surface area contributed by atoms with E-state index in [1.165, 1.54) is 12.1 Å². The fourth-order valence-corrected chi connectivity index (χ4v) is 2.57. The van der Waals surface area contributed by atoms with E-state index in [0.717, 1.165) is 12.0 Å². The number of carbonyl (C=O) groups excluding carboxylic acids is 2. The van der Waals surface area contributed by atoms with Crippen molar-refractivity contribution < 1.29 is 14.0 Å². The van der Waals surface area contributed by atoms with E-state index in [0.29, 0.717) is 17.7 Å². The second-order valence-corrected chi connectivity index (χ2v) is 7.47. The first-order valence-corrected chi connectivity index (χ1v) is 9.18.